The smallest absolute Gasteiger partial charge is 0.284 e. The molecule has 3 N–H and O–H groups in total. The Morgan fingerprint density at radius 3 is 2.33 bits per heavy atom. The van der Waals surface area contributed by atoms with Gasteiger partial charge in [0.1, 0.15) is 5.60 Å². The molecule has 0 amide bonds. The second-order valence-electron chi connectivity index (χ2n) is 3.73. The van der Waals surface area contributed by atoms with Crippen LogP contribution in [0.1, 0.15) is 20.8 Å². The van der Waals surface area contributed by atoms with Crippen LogP contribution in [0.25, 0.3) is 0 Å². The SMILES string of the molecule is CN(CCN)C(=N)OC(C)(C)C. The van der Waals surface area contributed by atoms with Crippen LogP contribution in [0.2, 0.25) is 0 Å². The average Bonchev–Trinajstić information content (AvgIpc) is 1.84. The van der Waals surface area contributed by atoms with Gasteiger partial charge in [-0.3, -0.25) is 5.41 Å². The van der Waals surface area contributed by atoms with E-state index in [1.165, 1.54) is 0 Å². The van der Waals surface area contributed by atoms with Crippen molar-refractivity contribution in [3.63, 3.8) is 0 Å². The number of rotatable bonds is 2. The zero-order chi connectivity index (χ0) is 9.78. The lowest BCUT2D eigenvalue weighted by atomic mass is 10.2. The van der Waals surface area contributed by atoms with Gasteiger partial charge >= 0.3 is 0 Å². The van der Waals surface area contributed by atoms with Crippen molar-refractivity contribution in [1.82, 2.24) is 4.90 Å². The summed E-state index contributed by atoms with van der Waals surface area (Å²) in [4.78, 5) is 1.69. The molecule has 0 bridgehead atoms. The van der Waals surface area contributed by atoms with E-state index in [1.807, 2.05) is 20.8 Å². The van der Waals surface area contributed by atoms with E-state index in [-0.39, 0.29) is 11.6 Å². The molecule has 0 aromatic rings. The molecule has 0 aliphatic rings. The first kappa shape index (κ1) is 11.2. The van der Waals surface area contributed by atoms with Gasteiger partial charge in [0, 0.05) is 20.1 Å². The van der Waals surface area contributed by atoms with Crippen LogP contribution in [-0.2, 0) is 4.74 Å². The van der Waals surface area contributed by atoms with Crippen molar-refractivity contribution in [3.05, 3.63) is 0 Å². The van der Waals surface area contributed by atoms with Crippen molar-refractivity contribution in [2.45, 2.75) is 26.4 Å². The highest BCUT2D eigenvalue weighted by Crippen LogP contribution is 2.07. The molecule has 4 heteroatoms. The highest BCUT2D eigenvalue weighted by molar-refractivity contribution is 5.70. The molecular formula is C8H19N3O. The van der Waals surface area contributed by atoms with Crippen LogP contribution < -0.4 is 5.73 Å². The molecule has 0 fully saturated rings. The Morgan fingerprint density at radius 2 is 2.00 bits per heavy atom. The number of hydrogen-bond acceptors (Lipinski definition) is 3. The summed E-state index contributed by atoms with van der Waals surface area (Å²) in [5, 5.41) is 7.50. The van der Waals surface area contributed by atoms with Gasteiger partial charge in [-0.1, -0.05) is 0 Å². The molecule has 0 rings (SSSR count). The van der Waals surface area contributed by atoms with E-state index in [2.05, 4.69) is 0 Å². The number of likely N-dealkylation sites (N-methyl/N-ethyl adjacent to an activating group) is 1. The number of amidine groups is 1. The predicted octanol–water partition coefficient (Wildman–Crippen LogP) is 0.627. The number of nitrogens with two attached hydrogens (primary N) is 1. The van der Waals surface area contributed by atoms with Gasteiger partial charge in [-0.25, -0.2) is 0 Å². The molecule has 0 spiro atoms. The van der Waals surface area contributed by atoms with Crippen LogP contribution in [-0.4, -0.2) is 36.7 Å². The Labute approximate surface area is 74.2 Å². The Bertz CT molecular complexity index is 151. The van der Waals surface area contributed by atoms with Crippen LogP contribution in [0.15, 0.2) is 0 Å². The van der Waals surface area contributed by atoms with Crippen LogP contribution in [0.3, 0.4) is 0 Å². The maximum absolute atomic E-state index is 7.50. The quantitative estimate of drug-likeness (QED) is 0.475. The number of ether oxygens (including phenoxy) is 1. The largest absolute Gasteiger partial charge is 0.460 e. The Balaban J connectivity index is 3.87. The summed E-state index contributed by atoms with van der Waals surface area (Å²) in [7, 11) is 1.79. The monoisotopic (exact) mass is 173 g/mol. The molecule has 0 aromatic heterocycles. The van der Waals surface area contributed by atoms with Crippen molar-refractivity contribution in [2.75, 3.05) is 20.1 Å². The van der Waals surface area contributed by atoms with Gasteiger partial charge in [-0.15, -0.1) is 0 Å². The minimum Gasteiger partial charge on any atom is -0.460 e. The summed E-state index contributed by atoms with van der Waals surface area (Å²) in [6.45, 7) is 6.93. The molecule has 0 aromatic carbocycles. The molecule has 4 nitrogen and oxygen atoms in total. The molecule has 0 unspecified atom stereocenters. The van der Waals surface area contributed by atoms with E-state index in [9.17, 15) is 0 Å². The predicted molar refractivity (Wildman–Crippen MR) is 50.2 cm³/mol. The molecule has 0 saturated heterocycles. The molecule has 0 atom stereocenters. The number of hydrogen-bond donors (Lipinski definition) is 2. The van der Waals surface area contributed by atoms with Gasteiger partial charge in [0.15, 0.2) is 0 Å². The van der Waals surface area contributed by atoms with Crippen LogP contribution in [0.4, 0.5) is 0 Å². The van der Waals surface area contributed by atoms with Gasteiger partial charge < -0.3 is 15.4 Å². The lowest BCUT2D eigenvalue weighted by Crippen LogP contribution is -2.37. The van der Waals surface area contributed by atoms with Gasteiger partial charge in [0.05, 0.1) is 0 Å². The average molecular weight is 173 g/mol. The third-order valence-electron chi connectivity index (χ3n) is 1.21. The fraction of sp³-hybridized carbons (Fsp3) is 0.875. The zero-order valence-corrected chi connectivity index (χ0v) is 8.35. The highest BCUT2D eigenvalue weighted by Gasteiger charge is 2.15. The molecule has 0 heterocycles. The lowest BCUT2D eigenvalue weighted by Gasteiger charge is -2.26. The topological polar surface area (TPSA) is 62.3 Å². The minimum atomic E-state index is -0.306. The van der Waals surface area contributed by atoms with E-state index in [0.717, 1.165) is 0 Å². The molecular weight excluding hydrogens is 154 g/mol. The second-order valence-corrected chi connectivity index (χ2v) is 3.73. The molecule has 0 radical (unpaired) electrons. The van der Waals surface area contributed by atoms with E-state index < -0.39 is 0 Å². The molecule has 12 heavy (non-hydrogen) atoms. The van der Waals surface area contributed by atoms with Crippen molar-refractivity contribution in [3.8, 4) is 0 Å². The van der Waals surface area contributed by atoms with Crippen LogP contribution >= 0.6 is 0 Å². The number of nitrogens with zero attached hydrogens (tertiary/aromatic N) is 1. The third kappa shape index (κ3) is 4.96. The van der Waals surface area contributed by atoms with E-state index in [4.69, 9.17) is 15.9 Å². The summed E-state index contributed by atoms with van der Waals surface area (Å²) >= 11 is 0. The second kappa shape index (κ2) is 4.30. The number of nitrogens with one attached hydrogen (secondary N) is 1. The molecule has 0 aliphatic carbocycles. The Hall–Kier alpha value is -0.770. The Morgan fingerprint density at radius 1 is 1.50 bits per heavy atom. The molecule has 0 saturated carbocycles. The van der Waals surface area contributed by atoms with Crippen LogP contribution in [0.5, 0.6) is 0 Å². The first-order valence-corrected chi connectivity index (χ1v) is 4.05. The van der Waals surface area contributed by atoms with Gasteiger partial charge in [0.2, 0.25) is 0 Å². The minimum absolute atomic E-state index is 0.174. The zero-order valence-electron chi connectivity index (χ0n) is 8.35. The first-order valence-electron chi connectivity index (χ1n) is 4.05. The maximum Gasteiger partial charge on any atom is 0.284 e. The van der Waals surface area contributed by atoms with E-state index >= 15 is 0 Å². The summed E-state index contributed by atoms with van der Waals surface area (Å²) in [6.07, 6.45) is 0. The first-order chi connectivity index (χ1) is 5.37. The van der Waals surface area contributed by atoms with Crippen molar-refractivity contribution in [1.29, 1.82) is 5.41 Å². The third-order valence-corrected chi connectivity index (χ3v) is 1.21. The maximum atomic E-state index is 7.50. The summed E-state index contributed by atoms with van der Waals surface area (Å²) in [6, 6.07) is 0.174. The standard InChI is InChI=1S/C8H19N3O/c1-8(2,3)12-7(10)11(4)6-5-9/h10H,5-6,9H2,1-4H3. The fourth-order valence-electron chi connectivity index (χ4n) is 0.663. The molecule has 72 valence electrons. The lowest BCUT2D eigenvalue weighted by molar-refractivity contribution is 0.0896. The van der Waals surface area contributed by atoms with Crippen LogP contribution in [0, 0.1) is 5.41 Å². The van der Waals surface area contributed by atoms with E-state index in [0.29, 0.717) is 13.1 Å². The van der Waals surface area contributed by atoms with Crippen molar-refractivity contribution >= 4 is 6.02 Å². The summed E-state index contributed by atoms with van der Waals surface area (Å²) in [5.41, 5.74) is 5.03. The fourth-order valence-corrected chi connectivity index (χ4v) is 0.663. The van der Waals surface area contributed by atoms with Gasteiger partial charge in [-0.2, -0.15) is 0 Å². The van der Waals surface area contributed by atoms with Crippen molar-refractivity contribution in [2.24, 2.45) is 5.73 Å². The van der Waals surface area contributed by atoms with Crippen molar-refractivity contribution < 1.29 is 4.74 Å². The van der Waals surface area contributed by atoms with E-state index in [1.54, 1.807) is 11.9 Å². The highest BCUT2D eigenvalue weighted by atomic mass is 16.5. The Kier molecular flexibility index (Phi) is 4.03. The summed E-state index contributed by atoms with van der Waals surface area (Å²) in [5.74, 6) is 0. The van der Waals surface area contributed by atoms with Gasteiger partial charge in [-0.05, 0) is 20.8 Å². The molecule has 0 aliphatic heterocycles. The normalized spacial score (nSPS) is 11.1. The van der Waals surface area contributed by atoms with Gasteiger partial charge in [0.25, 0.3) is 6.02 Å². The summed E-state index contributed by atoms with van der Waals surface area (Å²) < 4.78 is 5.31.